The zero-order valence-corrected chi connectivity index (χ0v) is 23.8. The molecule has 2 atom stereocenters. The van der Waals surface area contributed by atoms with Crippen LogP contribution in [0.3, 0.4) is 0 Å². The van der Waals surface area contributed by atoms with Crippen LogP contribution < -0.4 is 0 Å². The van der Waals surface area contributed by atoms with Crippen molar-refractivity contribution >= 4 is 5.97 Å². The van der Waals surface area contributed by atoms with Crippen molar-refractivity contribution in [3.63, 3.8) is 0 Å². The topological polar surface area (TPSA) is 90.9 Å². The summed E-state index contributed by atoms with van der Waals surface area (Å²) in [5, 5.41) is 0. The van der Waals surface area contributed by atoms with E-state index in [-0.39, 0.29) is 44.4 Å². The Morgan fingerprint density at radius 1 is 0.750 bits per heavy atom. The van der Waals surface area contributed by atoms with Gasteiger partial charge in [0.2, 0.25) is 6.10 Å². The van der Waals surface area contributed by atoms with Crippen LogP contribution in [0, 0.1) is 0 Å². The second-order valence-corrected chi connectivity index (χ2v) is 8.15. The van der Waals surface area contributed by atoms with Gasteiger partial charge in [0.05, 0.1) is 13.2 Å². The molecule has 1 aliphatic rings. The van der Waals surface area contributed by atoms with Crippen LogP contribution >= 0.6 is 0 Å². The van der Waals surface area contributed by atoms with Crippen LogP contribution in [0.2, 0.25) is 0 Å². The SMILES string of the molecule is C=C(C)C(=O)OC1C(OCC)=C(OCC)C(CCC)(OCC)C(OCC)(OCC)C1(OCC)OCC. The number of carbonyl (C=O) groups excluding carboxylic acids is 1. The van der Waals surface area contributed by atoms with Crippen molar-refractivity contribution in [2.75, 3.05) is 46.2 Å². The first-order valence-corrected chi connectivity index (χ1v) is 13.3. The van der Waals surface area contributed by atoms with Crippen LogP contribution in [0.1, 0.15) is 75.2 Å². The molecule has 0 aliphatic heterocycles. The Morgan fingerprint density at radius 3 is 1.64 bits per heavy atom. The molecule has 36 heavy (non-hydrogen) atoms. The Bertz CT molecular complexity index is 713. The van der Waals surface area contributed by atoms with Crippen LogP contribution in [0.5, 0.6) is 0 Å². The molecule has 210 valence electrons. The molecule has 0 fully saturated rings. The Labute approximate surface area is 217 Å². The number of esters is 1. The molecule has 2 unspecified atom stereocenters. The fourth-order valence-corrected chi connectivity index (χ4v) is 4.87. The lowest BCUT2D eigenvalue weighted by Gasteiger charge is -2.60. The van der Waals surface area contributed by atoms with Crippen LogP contribution in [-0.4, -0.2) is 75.5 Å². The van der Waals surface area contributed by atoms with Gasteiger partial charge in [-0.15, -0.1) is 0 Å². The lowest BCUT2D eigenvalue weighted by molar-refractivity contribution is -0.474. The van der Waals surface area contributed by atoms with Gasteiger partial charge in [0, 0.05) is 38.6 Å². The molecule has 9 nitrogen and oxygen atoms in total. The average Bonchev–Trinajstić information content (AvgIpc) is 2.83. The fraction of sp³-hybridized carbons (Fsp3) is 0.815. The first-order valence-electron chi connectivity index (χ1n) is 13.3. The molecule has 0 amide bonds. The van der Waals surface area contributed by atoms with Crippen molar-refractivity contribution in [3.8, 4) is 0 Å². The van der Waals surface area contributed by atoms with E-state index in [1.807, 2.05) is 55.4 Å². The maximum atomic E-state index is 13.0. The van der Waals surface area contributed by atoms with Crippen LogP contribution in [0.4, 0.5) is 0 Å². The summed E-state index contributed by atoms with van der Waals surface area (Å²) < 4.78 is 51.1. The Balaban J connectivity index is 4.43. The highest BCUT2D eigenvalue weighted by Crippen LogP contribution is 2.57. The summed E-state index contributed by atoms with van der Waals surface area (Å²) in [7, 11) is 0. The summed E-state index contributed by atoms with van der Waals surface area (Å²) in [4.78, 5) is 13.0. The molecule has 0 bridgehead atoms. The fourth-order valence-electron chi connectivity index (χ4n) is 4.87. The van der Waals surface area contributed by atoms with E-state index in [1.54, 1.807) is 6.92 Å². The summed E-state index contributed by atoms with van der Waals surface area (Å²) in [6.45, 7) is 22.0. The molecule has 0 N–H and O–H groups in total. The van der Waals surface area contributed by atoms with Gasteiger partial charge < -0.3 is 37.9 Å². The van der Waals surface area contributed by atoms with Crippen molar-refractivity contribution in [2.24, 2.45) is 0 Å². The molecule has 0 heterocycles. The first-order chi connectivity index (χ1) is 17.2. The maximum absolute atomic E-state index is 13.0. The summed E-state index contributed by atoms with van der Waals surface area (Å²) in [5.41, 5.74) is -1.14. The Kier molecular flexibility index (Phi) is 13.4. The van der Waals surface area contributed by atoms with E-state index in [4.69, 9.17) is 37.9 Å². The molecule has 0 radical (unpaired) electrons. The van der Waals surface area contributed by atoms with Crippen molar-refractivity contribution in [2.45, 2.75) is 98.4 Å². The largest absolute Gasteiger partial charge is 0.491 e. The smallest absolute Gasteiger partial charge is 0.334 e. The molecule has 9 heteroatoms. The monoisotopic (exact) mass is 516 g/mol. The second-order valence-electron chi connectivity index (χ2n) is 8.15. The van der Waals surface area contributed by atoms with Crippen LogP contribution in [0.15, 0.2) is 23.7 Å². The second kappa shape index (κ2) is 14.9. The summed E-state index contributed by atoms with van der Waals surface area (Å²) >= 11 is 0. The summed E-state index contributed by atoms with van der Waals surface area (Å²) in [5.74, 6) is -3.59. The number of hydrogen-bond donors (Lipinski definition) is 0. The Morgan fingerprint density at radius 2 is 1.25 bits per heavy atom. The van der Waals surface area contributed by atoms with E-state index in [2.05, 4.69) is 6.58 Å². The van der Waals surface area contributed by atoms with Gasteiger partial charge in [-0.1, -0.05) is 19.9 Å². The third-order valence-electron chi connectivity index (χ3n) is 5.73. The number of hydrogen-bond acceptors (Lipinski definition) is 9. The molecule has 0 aromatic carbocycles. The summed E-state index contributed by atoms with van der Waals surface area (Å²) in [6.07, 6.45) is -0.135. The van der Waals surface area contributed by atoms with E-state index in [0.717, 1.165) is 0 Å². The maximum Gasteiger partial charge on any atom is 0.334 e. The minimum Gasteiger partial charge on any atom is -0.491 e. The van der Waals surface area contributed by atoms with E-state index in [9.17, 15) is 4.79 Å². The molecule has 0 spiro atoms. The van der Waals surface area contributed by atoms with Crippen molar-refractivity contribution in [1.29, 1.82) is 0 Å². The highest BCUT2D eigenvalue weighted by Gasteiger charge is 2.79. The zero-order valence-electron chi connectivity index (χ0n) is 23.8. The standard InChI is InChI=1S/C27H48O9/c1-11-19-25(31-14-4)22(30-13-3)21(29-12-2)23(36-24(28)20(9)10)26(32-15-5,33-16-6)27(25,34-17-7)35-18-8/h23H,9,11-19H2,1-8,10H3. The van der Waals surface area contributed by atoms with Gasteiger partial charge in [-0.25, -0.2) is 4.79 Å². The third kappa shape index (κ3) is 5.75. The lowest BCUT2D eigenvalue weighted by atomic mass is 9.72. The molecule has 1 aliphatic carbocycles. The third-order valence-corrected chi connectivity index (χ3v) is 5.73. The van der Waals surface area contributed by atoms with Crippen molar-refractivity contribution < 1.29 is 42.7 Å². The number of carbonyl (C=O) groups is 1. The van der Waals surface area contributed by atoms with Crippen molar-refractivity contribution in [1.82, 2.24) is 0 Å². The highest BCUT2D eigenvalue weighted by molar-refractivity contribution is 5.87. The molecular formula is C27H48O9. The van der Waals surface area contributed by atoms with Gasteiger partial charge in [0.1, 0.15) is 0 Å². The van der Waals surface area contributed by atoms with Gasteiger partial charge in [-0.2, -0.15) is 0 Å². The van der Waals surface area contributed by atoms with Crippen LogP contribution in [0.25, 0.3) is 0 Å². The van der Waals surface area contributed by atoms with E-state index >= 15 is 0 Å². The zero-order chi connectivity index (χ0) is 27.4. The van der Waals surface area contributed by atoms with Gasteiger partial charge in [-0.05, 0) is 61.8 Å². The molecule has 0 aromatic rings. The van der Waals surface area contributed by atoms with Gasteiger partial charge in [0.25, 0.3) is 11.6 Å². The predicted octanol–water partition coefficient (Wildman–Crippen LogP) is 4.89. The minimum absolute atomic E-state index is 0.195. The highest BCUT2D eigenvalue weighted by atomic mass is 16.8. The lowest BCUT2D eigenvalue weighted by Crippen LogP contribution is -2.80. The molecule has 0 saturated heterocycles. The van der Waals surface area contributed by atoms with Gasteiger partial charge in [0.15, 0.2) is 17.1 Å². The van der Waals surface area contributed by atoms with Crippen LogP contribution in [-0.2, 0) is 42.7 Å². The van der Waals surface area contributed by atoms with E-state index in [1.165, 1.54) is 0 Å². The summed E-state index contributed by atoms with van der Waals surface area (Å²) in [6, 6.07) is 0. The molecule has 0 aromatic heterocycles. The van der Waals surface area contributed by atoms with Gasteiger partial charge in [-0.3, -0.25) is 0 Å². The van der Waals surface area contributed by atoms with E-state index < -0.39 is 29.2 Å². The molecule has 1 rings (SSSR count). The Hall–Kier alpha value is -1.65. The van der Waals surface area contributed by atoms with E-state index in [0.29, 0.717) is 31.8 Å². The number of ether oxygens (including phenoxy) is 8. The average molecular weight is 517 g/mol. The van der Waals surface area contributed by atoms with Crippen molar-refractivity contribution in [3.05, 3.63) is 23.7 Å². The molecule has 0 saturated carbocycles. The number of rotatable bonds is 18. The minimum atomic E-state index is -1.80. The first kappa shape index (κ1) is 32.4. The van der Waals surface area contributed by atoms with Gasteiger partial charge >= 0.3 is 5.97 Å². The normalized spacial score (nSPS) is 22.9. The molecular weight excluding hydrogens is 468 g/mol. The quantitative estimate of drug-likeness (QED) is 0.143. The predicted molar refractivity (Wildman–Crippen MR) is 136 cm³/mol.